The van der Waals surface area contributed by atoms with Crippen LogP contribution in [0, 0.1) is 0 Å². The van der Waals surface area contributed by atoms with Crippen LogP contribution in [0.25, 0.3) is 16.7 Å². The zero-order valence-corrected chi connectivity index (χ0v) is 10.7. The Hall–Kier alpha value is -1.67. The highest BCUT2D eigenvalue weighted by Gasteiger charge is 1.98. The van der Waals surface area contributed by atoms with Gasteiger partial charge < -0.3 is 4.72 Å². The molecule has 0 saturated heterocycles. The molecule has 0 unspecified atom stereocenters. The standard InChI is InChI=1S/C15H15NS/c1-11(2)12-3-5-13(6-4-12)14-7-9-15(16-17)10-8-14/h3-10,16-17H,1H2,2H3. The monoisotopic (exact) mass is 241 g/mol. The van der Waals surface area contributed by atoms with Gasteiger partial charge in [-0.25, -0.2) is 0 Å². The Morgan fingerprint density at radius 2 is 1.41 bits per heavy atom. The van der Waals surface area contributed by atoms with Gasteiger partial charge in [0.1, 0.15) is 0 Å². The number of hydrogen-bond donors (Lipinski definition) is 2. The minimum absolute atomic E-state index is 0.996. The lowest BCUT2D eigenvalue weighted by Crippen LogP contribution is -1.82. The van der Waals surface area contributed by atoms with E-state index in [9.17, 15) is 0 Å². The van der Waals surface area contributed by atoms with Crippen molar-refractivity contribution in [1.82, 2.24) is 0 Å². The molecule has 0 fully saturated rings. The van der Waals surface area contributed by atoms with E-state index < -0.39 is 0 Å². The van der Waals surface area contributed by atoms with Crippen LogP contribution in [0.15, 0.2) is 55.1 Å². The van der Waals surface area contributed by atoms with Crippen LogP contribution in [0.3, 0.4) is 0 Å². The van der Waals surface area contributed by atoms with Crippen molar-refractivity contribution in [2.75, 3.05) is 4.72 Å². The second kappa shape index (κ2) is 5.11. The Labute approximate surface area is 108 Å². The van der Waals surface area contributed by atoms with E-state index in [1.807, 2.05) is 19.1 Å². The molecule has 2 aromatic rings. The van der Waals surface area contributed by atoms with Crippen LogP contribution in [-0.2, 0) is 0 Å². The first kappa shape index (κ1) is 11.8. The molecule has 0 aliphatic heterocycles. The molecule has 0 radical (unpaired) electrons. The third-order valence-corrected chi connectivity index (χ3v) is 2.98. The van der Waals surface area contributed by atoms with Crippen molar-refractivity contribution in [2.45, 2.75) is 6.92 Å². The molecule has 86 valence electrons. The topological polar surface area (TPSA) is 12.0 Å². The summed E-state index contributed by atoms with van der Waals surface area (Å²) in [5, 5.41) is 0. The highest BCUT2D eigenvalue weighted by molar-refractivity contribution is 7.81. The number of benzene rings is 2. The zero-order chi connectivity index (χ0) is 12.3. The van der Waals surface area contributed by atoms with Gasteiger partial charge in [0.05, 0.1) is 0 Å². The number of hydrogen-bond acceptors (Lipinski definition) is 2. The van der Waals surface area contributed by atoms with E-state index in [2.05, 4.69) is 60.5 Å². The molecule has 0 aliphatic carbocycles. The van der Waals surface area contributed by atoms with Crippen LogP contribution >= 0.6 is 12.8 Å². The van der Waals surface area contributed by atoms with E-state index in [4.69, 9.17) is 0 Å². The Bertz CT molecular complexity index is 512. The number of nitrogens with one attached hydrogen (secondary N) is 1. The van der Waals surface area contributed by atoms with Crippen molar-refractivity contribution >= 4 is 24.1 Å². The van der Waals surface area contributed by atoms with Gasteiger partial charge in [-0.15, -0.1) is 0 Å². The minimum atomic E-state index is 0.996. The minimum Gasteiger partial charge on any atom is -0.332 e. The van der Waals surface area contributed by atoms with E-state index >= 15 is 0 Å². The fourth-order valence-electron chi connectivity index (χ4n) is 1.68. The van der Waals surface area contributed by atoms with Crippen molar-refractivity contribution in [2.24, 2.45) is 0 Å². The van der Waals surface area contributed by atoms with Crippen LogP contribution < -0.4 is 4.72 Å². The number of rotatable bonds is 3. The third-order valence-electron chi connectivity index (χ3n) is 2.73. The lowest BCUT2D eigenvalue weighted by Gasteiger charge is -2.05. The van der Waals surface area contributed by atoms with Gasteiger partial charge in [0.25, 0.3) is 0 Å². The maximum absolute atomic E-state index is 4.01. The normalized spacial score (nSPS) is 10.0. The second-order valence-corrected chi connectivity index (χ2v) is 4.27. The molecule has 2 aromatic carbocycles. The molecule has 1 nitrogen and oxygen atoms in total. The molecule has 0 bridgehead atoms. The largest absolute Gasteiger partial charge is 0.332 e. The summed E-state index contributed by atoms with van der Waals surface area (Å²) in [5.41, 5.74) is 5.68. The fourth-order valence-corrected chi connectivity index (χ4v) is 1.83. The Morgan fingerprint density at radius 3 is 1.82 bits per heavy atom. The van der Waals surface area contributed by atoms with Crippen molar-refractivity contribution < 1.29 is 0 Å². The van der Waals surface area contributed by atoms with Gasteiger partial charge in [0.2, 0.25) is 0 Å². The number of thiol groups is 1. The van der Waals surface area contributed by atoms with E-state index in [-0.39, 0.29) is 0 Å². The maximum atomic E-state index is 4.01. The quantitative estimate of drug-likeness (QED) is 0.746. The molecule has 0 aromatic heterocycles. The molecular weight excluding hydrogens is 226 g/mol. The first-order valence-electron chi connectivity index (χ1n) is 5.47. The van der Waals surface area contributed by atoms with Gasteiger partial charge in [0, 0.05) is 5.69 Å². The molecule has 1 N–H and O–H groups in total. The average molecular weight is 241 g/mol. The van der Waals surface area contributed by atoms with Crippen LogP contribution in [-0.4, -0.2) is 0 Å². The van der Waals surface area contributed by atoms with Crippen LogP contribution in [0.1, 0.15) is 12.5 Å². The summed E-state index contributed by atoms with van der Waals surface area (Å²) in [5.74, 6) is 0. The van der Waals surface area contributed by atoms with Gasteiger partial charge in [-0.1, -0.05) is 61.4 Å². The van der Waals surface area contributed by atoms with E-state index in [1.54, 1.807) is 0 Å². The lowest BCUT2D eigenvalue weighted by molar-refractivity contribution is 1.56. The molecule has 0 amide bonds. The molecule has 17 heavy (non-hydrogen) atoms. The van der Waals surface area contributed by atoms with Crippen LogP contribution in [0.2, 0.25) is 0 Å². The highest BCUT2D eigenvalue weighted by Crippen LogP contribution is 2.23. The molecule has 0 aliphatic rings. The van der Waals surface area contributed by atoms with E-state index in [0.29, 0.717) is 0 Å². The summed E-state index contributed by atoms with van der Waals surface area (Å²) in [7, 11) is 0. The van der Waals surface area contributed by atoms with E-state index in [1.165, 1.54) is 16.7 Å². The summed E-state index contributed by atoms with van der Waals surface area (Å²) in [6.07, 6.45) is 0. The summed E-state index contributed by atoms with van der Waals surface area (Å²) in [6, 6.07) is 16.6. The van der Waals surface area contributed by atoms with Crippen molar-refractivity contribution in [1.29, 1.82) is 0 Å². The van der Waals surface area contributed by atoms with Crippen LogP contribution in [0.4, 0.5) is 5.69 Å². The predicted molar refractivity (Wildman–Crippen MR) is 79.2 cm³/mol. The SMILES string of the molecule is C=C(C)c1ccc(-c2ccc(NS)cc2)cc1. The molecule has 0 atom stereocenters. The molecular formula is C15H15NS. The molecule has 2 heteroatoms. The fraction of sp³-hybridized carbons (Fsp3) is 0.0667. The maximum Gasteiger partial charge on any atom is 0.0438 e. The second-order valence-electron chi connectivity index (χ2n) is 4.05. The van der Waals surface area contributed by atoms with Gasteiger partial charge in [-0.2, -0.15) is 0 Å². The predicted octanol–water partition coefficient (Wildman–Crippen LogP) is 4.64. The summed E-state index contributed by atoms with van der Waals surface area (Å²) in [4.78, 5) is 0. The number of allylic oxidation sites excluding steroid dienone is 1. The van der Waals surface area contributed by atoms with Crippen molar-refractivity contribution in [3.8, 4) is 11.1 Å². The van der Waals surface area contributed by atoms with Crippen LogP contribution in [0.5, 0.6) is 0 Å². The lowest BCUT2D eigenvalue weighted by atomic mass is 10.0. The molecule has 2 rings (SSSR count). The molecule has 0 saturated carbocycles. The van der Waals surface area contributed by atoms with Crippen molar-refractivity contribution in [3.63, 3.8) is 0 Å². The summed E-state index contributed by atoms with van der Waals surface area (Å²) < 4.78 is 2.81. The number of anilines is 1. The highest BCUT2D eigenvalue weighted by atomic mass is 32.1. The first-order valence-corrected chi connectivity index (χ1v) is 5.92. The third kappa shape index (κ3) is 2.71. The smallest absolute Gasteiger partial charge is 0.0438 e. The average Bonchev–Trinajstić information content (AvgIpc) is 2.39. The molecule has 0 heterocycles. The van der Waals surface area contributed by atoms with Crippen molar-refractivity contribution in [3.05, 3.63) is 60.7 Å². The Kier molecular flexibility index (Phi) is 3.55. The Balaban J connectivity index is 2.29. The van der Waals surface area contributed by atoms with Gasteiger partial charge >= 0.3 is 0 Å². The van der Waals surface area contributed by atoms with Gasteiger partial charge in [-0.05, 0) is 35.7 Å². The Morgan fingerprint density at radius 1 is 0.941 bits per heavy atom. The summed E-state index contributed by atoms with van der Waals surface area (Å²) >= 11 is 4.01. The van der Waals surface area contributed by atoms with Gasteiger partial charge in [0.15, 0.2) is 0 Å². The first-order chi connectivity index (χ1) is 8.20. The van der Waals surface area contributed by atoms with E-state index in [0.717, 1.165) is 11.3 Å². The van der Waals surface area contributed by atoms with Gasteiger partial charge in [-0.3, -0.25) is 0 Å². The summed E-state index contributed by atoms with van der Waals surface area (Å²) in [6.45, 7) is 5.95. The zero-order valence-electron chi connectivity index (χ0n) is 9.77. The molecule has 0 spiro atoms.